The maximum atomic E-state index is 14.3. The van der Waals surface area contributed by atoms with Crippen LogP contribution >= 0.6 is 11.6 Å². The summed E-state index contributed by atoms with van der Waals surface area (Å²) in [5.74, 6) is -2.30. The van der Waals surface area contributed by atoms with Crippen molar-refractivity contribution < 1.29 is 22.7 Å². The van der Waals surface area contributed by atoms with Crippen LogP contribution in [0.25, 0.3) is 0 Å². The molecular formula is C23H21ClFNO4S. The van der Waals surface area contributed by atoms with Crippen LogP contribution in [0.4, 0.5) is 4.39 Å². The van der Waals surface area contributed by atoms with E-state index >= 15 is 0 Å². The van der Waals surface area contributed by atoms with Gasteiger partial charge in [0.1, 0.15) is 5.82 Å². The van der Waals surface area contributed by atoms with Gasteiger partial charge in [0, 0.05) is 11.6 Å². The molecule has 8 heteroatoms. The van der Waals surface area contributed by atoms with E-state index in [0.717, 1.165) is 17.7 Å². The molecule has 31 heavy (non-hydrogen) atoms. The second kappa shape index (κ2) is 9.60. The third-order valence-electron chi connectivity index (χ3n) is 4.94. The lowest BCUT2D eigenvalue weighted by Gasteiger charge is -2.31. The second-order valence-electron chi connectivity index (χ2n) is 6.96. The SMILES string of the molecule is CCC(c1ccc(Cl)cc1)N(Cc1ccc(C(=O)O)c(F)c1)S(=O)(=O)c1ccccc1. The van der Waals surface area contributed by atoms with Crippen LogP contribution in [0.15, 0.2) is 77.7 Å². The number of halogens is 2. The van der Waals surface area contributed by atoms with E-state index in [4.69, 9.17) is 16.7 Å². The summed E-state index contributed by atoms with van der Waals surface area (Å²) in [6.45, 7) is 1.73. The number of carboxylic acid groups (broad SMARTS) is 1. The molecule has 0 amide bonds. The number of nitrogens with zero attached hydrogens (tertiary/aromatic N) is 1. The van der Waals surface area contributed by atoms with Crippen molar-refractivity contribution in [2.75, 3.05) is 0 Å². The molecule has 0 spiro atoms. The Bertz CT molecular complexity index is 1170. The van der Waals surface area contributed by atoms with Crippen LogP contribution in [0.5, 0.6) is 0 Å². The van der Waals surface area contributed by atoms with E-state index in [9.17, 15) is 17.6 Å². The van der Waals surface area contributed by atoms with Gasteiger partial charge >= 0.3 is 5.97 Å². The molecule has 0 saturated carbocycles. The fourth-order valence-electron chi connectivity index (χ4n) is 3.39. The van der Waals surface area contributed by atoms with Crippen LogP contribution in [0.3, 0.4) is 0 Å². The topological polar surface area (TPSA) is 74.7 Å². The van der Waals surface area contributed by atoms with E-state index in [2.05, 4.69) is 0 Å². The highest BCUT2D eigenvalue weighted by atomic mass is 35.5. The van der Waals surface area contributed by atoms with Gasteiger partial charge in [-0.2, -0.15) is 4.31 Å². The molecule has 0 aromatic heterocycles. The van der Waals surface area contributed by atoms with Gasteiger partial charge in [-0.1, -0.05) is 54.9 Å². The second-order valence-corrected chi connectivity index (χ2v) is 9.29. The van der Waals surface area contributed by atoms with Crippen molar-refractivity contribution in [2.24, 2.45) is 0 Å². The normalized spacial score (nSPS) is 12.6. The first-order chi connectivity index (χ1) is 14.7. The Kier molecular flexibility index (Phi) is 7.10. The number of rotatable bonds is 8. The average molecular weight is 462 g/mol. The van der Waals surface area contributed by atoms with Crippen LogP contribution in [0.2, 0.25) is 5.02 Å². The Hall–Kier alpha value is -2.74. The van der Waals surface area contributed by atoms with Crippen molar-refractivity contribution in [1.29, 1.82) is 0 Å². The van der Waals surface area contributed by atoms with Gasteiger partial charge in [0.25, 0.3) is 0 Å². The standard InChI is InChI=1S/C23H21ClFNO4S/c1-2-22(17-9-11-18(24)12-10-17)26(31(29,30)19-6-4-3-5-7-19)15-16-8-13-20(23(27)28)21(25)14-16/h3-14,22H,2,15H2,1H3,(H,27,28). The van der Waals surface area contributed by atoms with Crippen molar-refractivity contribution in [1.82, 2.24) is 4.31 Å². The molecule has 3 aromatic rings. The minimum absolute atomic E-state index is 0.116. The Balaban J connectivity index is 2.09. The molecular weight excluding hydrogens is 441 g/mol. The quantitative estimate of drug-likeness (QED) is 0.479. The van der Waals surface area contributed by atoms with Crippen LogP contribution in [-0.4, -0.2) is 23.8 Å². The number of benzene rings is 3. The van der Waals surface area contributed by atoms with Gasteiger partial charge in [-0.15, -0.1) is 0 Å². The monoisotopic (exact) mass is 461 g/mol. The van der Waals surface area contributed by atoms with Gasteiger partial charge in [0.2, 0.25) is 10.0 Å². The van der Waals surface area contributed by atoms with E-state index in [1.165, 1.54) is 22.5 Å². The first kappa shape index (κ1) is 22.9. The smallest absolute Gasteiger partial charge is 0.338 e. The predicted molar refractivity (Wildman–Crippen MR) is 117 cm³/mol. The minimum Gasteiger partial charge on any atom is -0.478 e. The summed E-state index contributed by atoms with van der Waals surface area (Å²) >= 11 is 5.99. The molecule has 1 N–H and O–H groups in total. The maximum absolute atomic E-state index is 14.3. The van der Waals surface area contributed by atoms with Crippen molar-refractivity contribution >= 4 is 27.6 Å². The van der Waals surface area contributed by atoms with E-state index in [1.54, 1.807) is 42.5 Å². The van der Waals surface area contributed by atoms with E-state index in [1.807, 2.05) is 6.92 Å². The molecule has 0 aliphatic carbocycles. The first-order valence-corrected chi connectivity index (χ1v) is 11.4. The van der Waals surface area contributed by atoms with Crippen LogP contribution in [0, 0.1) is 5.82 Å². The third kappa shape index (κ3) is 5.12. The number of hydrogen-bond donors (Lipinski definition) is 1. The molecule has 0 heterocycles. The lowest BCUT2D eigenvalue weighted by atomic mass is 10.0. The van der Waals surface area contributed by atoms with Crippen LogP contribution < -0.4 is 0 Å². The maximum Gasteiger partial charge on any atom is 0.338 e. The predicted octanol–water partition coefficient (Wildman–Crippen LogP) is 5.52. The van der Waals surface area contributed by atoms with Crippen LogP contribution in [0.1, 0.15) is 40.9 Å². The Labute approximate surface area is 185 Å². The summed E-state index contributed by atoms with van der Waals surface area (Å²) in [6, 6.07) is 18.0. The number of carboxylic acids is 1. The lowest BCUT2D eigenvalue weighted by molar-refractivity contribution is 0.0692. The number of sulfonamides is 1. The fourth-order valence-corrected chi connectivity index (χ4v) is 5.21. The zero-order valence-corrected chi connectivity index (χ0v) is 18.3. The Morgan fingerprint density at radius 2 is 1.71 bits per heavy atom. The molecule has 0 bridgehead atoms. The highest BCUT2D eigenvalue weighted by Gasteiger charge is 2.32. The van der Waals surface area contributed by atoms with Crippen molar-refractivity contribution in [3.05, 3.63) is 100 Å². The van der Waals surface area contributed by atoms with Gasteiger partial charge in [-0.25, -0.2) is 17.6 Å². The Morgan fingerprint density at radius 3 is 2.26 bits per heavy atom. The summed E-state index contributed by atoms with van der Waals surface area (Å²) < 4.78 is 42.7. The van der Waals surface area contributed by atoms with Gasteiger partial charge in [-0.05, 0) is 53.9 Å². The molecule has 162 valence electrons. The number of carbonyl (C=O) groups is 1. The highest BCUT2D eigenvalue weighted by Crippen LogP contribution is 2.33. The lowest BCUT2D eigenvalue weighted by Crippen LogP contribution is -2.34. The van der Waals surface area contributed by atoms with Crippen LogP contribution in [-0.2, 0) is 16.6 Å². The summed E-state index contributed by atoms with van der Waals surface area (Å²) in [5, 5.41) is 9.59. The third-order valence-corrected chi connectivity index (χ3v) is 7.06. The molecule has 1 unspecified atom stereocenters. The average Bonchev–Trinajstić information content (AvgIpc) is 2.75. The van der Waals surface area contributed by atoms with Crippen molar-refractivity contribution in [3.63, 3.8) is 0 Å². The highest BCUT2D eigenvalue weighted by molar-refractivity contribution is 7.89. The molecule has 0 saturated heterocycles. The molecule has 0 aliphatic rings. The van der Waals surface area contributed by atoms with E-state index in [-0.39, 0.29) is 11.4 Å². The molecule has 3 aromatic carbocycles. The summed E-state index contributed by atoms with van der Waals surface area (Å²) in [7, 11) is -3.95. The van der Waals surface area contributed by atoms with Gasteiger partial charge < -0.3 is 5.11 Å². The van der Waals surface area contributed by atoms with Crippen molar-refractivity contribution in [3.8, 4) is 0 Å². The zero-order valence-electron chi connectivity index (χ0n) is 16.7. The molecule has 3 rings (SSSR count). The minimum atomic E-state index is -3.95. The van der Waals surface area contributed by atoms with E-state index in [0.29, 0.717) is 17.0 Å². The summed E-state index contributed by atoms with van der Waals surface area (Å²) in [4.78, 5) is 11.2. The van der Waals surface area contributed by atoms with E-state index < -0.39 is 33.4 Å². The number of hydrogen-bond acceptors (Lipinski definition) is 3. The molecule has 0 fully saturated rings. The fraction of sp³-hybridized carbons (Fsp3) is 0.174. The van der Waals surface area contributed by atoms with Gasteiger partial charge in [0.05, 0.1) is 16.5 Å². The molecule has 1 atom stereocenters. The first-order valence-electron chi connectivity index (χ1n) is 9.58. The zero-order chi connectivity index (χ0) is 22.6. The van der Waals surface area contributed by atoms with Gasteiger partial charge in [0.15, 0.2) is 0 Å². The number of aromatic carboxylic acids is 1. The largest absolute Gasteiger partial charge is 0.478 e. The molecule has 0 radical (unpaired) electrons. The summed E-state index contributed by atoms with van der Waals surface area (Å²) in [5.41, 5.74) is 0.620. The molecule has 5 nitrogen and oxygen atoms in total. The summed E-state index contributed by atoms with van der Waals surface area (Å²) in [6.07, 6.45) is 0.462. The molecule has 0 aliphatic heterocycles. The van der Waals surface area contributed by atoms with Crippen molar-refractivity contribution in [2.45, 2.75) is 30.8 Å². The Morgan fingerprint density at radius 1 is 1.06 bits per heavy atom. The van der Waals surface area contributed by atoms with Gasteiger partial charge in [-0.3, -0.25) is 0 Å².